The Bertz CT molecular complexity index is 445. The molecule has 0 amide bonds. The molecule has 3 nitrogen and oxygen atoms in total. The van der Waals surface area contributed by atoms with Crippen molar-refractivity contribution >= 4 is 17.3 Å². The highest BCUT2D eigenvalue weighted by Gasteiger charge is 2.02. The van der Waals surface area contributed by atoms with Gasteiger partial charge in [-0.3, -0.25) is 0 Å². The van der Waals surface area contributed by atoms with E-state index >= 15 is 0 Å². The van der Waals surface area contributed by atoms with Crippen molar-refractivity contribution in [2.75, 3.05) is 5.32 Å². The van der Waals surface area contributed by atoms with Crippen LogP contribution in [-0.2, 0) is 13.1 Å². The van der Waals surface area contributed by atoms with Gasteiger partial charge in [-0.05, 0) is 25.5 Å². The maximum atomic E-state index is 4.31. The quantitative estimate of drug-likeness (QED) is 0.862. The summed E-state index contributed by atoms with van der Waals surface area (Å²) in [6.45, 7) is 6.18. The number of nitrogens with one attached hydrogen (secondary N) is 1. The third kappa shape index (κ3) is 2.64. The second-order valence-electron chi connectivity index (χ2n) is 3.81. The van der Waals surface area contributed by atoms with Crippen molar-refractivity contribution in [1.29, 1.82) is 0 Å². The summed E-state index contributed by atoms with van der Waals surface area (Å²) in [5.41, 5.74) is 0. The molecule has 0 aliphatic rings. The predicted octanol–water partition coefficient (Wildman–Crippen LogP) is 3.28. The van der Waals surface area contributed by atoms with Crippen molar-refractivity contribution < 1.29 is 0 Å². The van der Waals surface area contributed by atoms with Crippen molar-refractivity contribution in [3.63, 3.8) is 0 Å². The van der Waals surface area contributed by atoms with E-state index in [9.17, 15) is 0 Å². The van der Waals surface area contributed by atoms with Crippen LogP contribution in [0.3, 0.4) is 0 Å². The first-order valence-corrected chi connectivity index (χ1v) is 6.41. The van der Waals surface area contributed by atoms with Crippen LogP contribution in [0.25, 0.3) is 0 Å². The van der Waals surface area contributed by atoms with Gasteiger partial charge in [-0.15, -0.1) is 11.3 Å². The molecule has 0 spiro atoms. The highest BCUT2D eigenvalue weighted by Crippen LogP contribution is 2.16. The lowest BCUT2D eigenvalue weighted by molar-refractivity contribution is 0.682. The minimum Gasteiger partial charge on any atom is -0.351 e. The van der Waals surface area contributed by atoms with Crippen molar-refractivity contribution in [1.82, 2.24) is 9.55 Å². The topological polar surface area (TPSA) is 29.9 Å². The molecule has 0 aromatic carbocycles. The molecule has 0 saturated heterocycles. The van der Waals surface area contributed by atoms with Gasteiger partial charge in [-0.1, -0.05) is 6.92 Å². The van der Waals surface area contributed by atoms with Gasteiger partial charge in [0.25, 0.3) is 0 Å². The number of anilines is 1. The summed E-state index contributed by atoms with van der Waals surface area (Å²) in [5, 5.41) is 3.37. The van der Waals surface area contributed by atoms with Gasteiger partial charge in [-0.2, -0.15) is 0 Å². The highest BCUT2D eigenvalue weighted by molar-refractivity contribution is 7.11. The van der Waals surface area contributed by atoms with Crippen molar-refractivity contribution in [3.8, 4) is 0 Å². The predicted molar refractivity (Wildman–Crippen MR) is 68.9 cm³/mol. The number of aryl methyl sites for hydroxylation is 2. The third-order valence-electron chi connectivity index (χ3n) is 2.40. The normalized spacial score (nSPS) is 10.6. The van der Waals surface area contributed by atoms with Gasteiger partial charge in [0, 0.05) is 28.7 Å². The third-order valence-corrected chi connectivity index (χ3v) is 3.40. The Labute approximate surface area is 100 Å². The van der Waals surface area contributed by atoms with Gasteiger partial charge in [0.05, 0.1) is 6.54 Å². The number of hydrogen-bond acceptors (Lipinski definition) is 3. The van der Waals surface area contributed by atoms with Gasteiger partial charge in [-0.25, -0.2) is 4.98 Å². The molecule has 4 heteroatoms. The van der Waals surface area contributed by atoms with E-state index in [0.29, 0.717) is 0 Å². The van der Waals surface area contributed by atoms with E-state index in [0.717, 1.165) is 25.5 Å². The van der Waals surface area contributed by atoms with Gasteiger partial charge in [0.2, 0.25) is 5.95 Å². The molecule has 0 bridgehead atoms. The molecule has 16 heavy (non-hydrogen) atoms. The number of thiophene rings is 1. The molecule has 0 aliphatic carbocycles. The molecule has 0 fully saturated rings. The summed E-state index contributed by atoms with van der Waals surface area (Å²) in [4.78, 5) is 7.02. The van der Waals surface area contributed by atoms with Crippen LogP contribution in [0.4, 0.5) is 5.95 Å². The molecular weight excluding hydrogens is 218 g/mol. The first kappa shape index (κ1) is 11.2. The molecule has 0 aliphatic heterocycles. The molecular formula is C12H17N3S. The number of aromatic nitrogens is 2. The molecule has 2 aromatic heterocycles. The van der Waals surface area contributed by atoms with Crippen LogP contribution in [0.15, 0.2) is 24.5 Å². The molecule has 0 radical (unpaired) electrons. The van der Waals surface area contributed by atoms with E-state index in [4.69, 9.17) is 0 Å². The summed E-state index contributed by atoms with van der Waals surface area (Å²) >= 11 is 1.83. The van der Waals surface area contributed by atoms with Gasteiger partial charge in [0.15, 0.2) is 0 Å². The van der Waals surface area contributed by atoms with Crippen LogP contribution in [0.2, 0.25) is 0 Å². The smallest absolute Gasteiger partial charge is 0.203 e. The lowest BCUT2D eigenvalue weighted by atomic mass is 10.4. The molecule has 0 atom stereocenters. The van der Waals surface area contributed by atoms with Crippen molar-refractivity contribution in [2.24, 2.45) is 0 Å². The van der Waals surface area contributed by atoms with Crippen LogP contribution >= 0.6 is 11.3 Å². The molecule has 2 aromatic rings. The van der Waals surface area contributed by atoms with Crippen molar-refractivity contribution in [2.45, 2.75) is 33.4 Å². The minimum absolute atomic E-state index is 0.860. The molecule has 0 saturated carbocycles. The maximum absolute atomic E-state index is 4.31. The zero-order valence-electron chi connectivity index (χ0n) is 9.73. The van der Waals surface area contributed by atoms with Crippen LogP contribution in [0, 0.1) is 6.92 Å². The van der Waals surface area contributed by atoms with E-state index in [2.05, 4.69) is 40.8 Å². The molecule has 1 N–H and O–H groups in total. The van der Waals surface area contributed by atoms with E-state index in [-0.39, 0.29) is 0 Å². The standard InChI is InChI=1S/C12H17N3S/c1-3-7-15-8-6-13-12(15)14-9-11-5-4-10(2)16-11/h4-6,8H,3,7,9H2,1-2H3,(H,13,14). The average Bonchev–Trinajstić information content (AvgIpc) is 2.85. The first-order chi connectivity index (χ1) is 7.79. The molecule has 2 rings (SSSR count). The SMILES string of the molecule is CCCn1ccnc1NCc1ccc(C)s1. The zero-order valence-corrected chi connectivity index (χ0v) is 10.5. The Hall–Kier alpha value is -1.29. The van der Waals surface area contributed by atoms with E-state index in [1.807, 2.05) is 23.7 Å². The fourth-order valence-electron chi connectivity index (χ4n) is 1.64. The summed E-state index contributed by atoms with van der Waals surface area (Å²) in [5.74, 6) is 0.966. The van der Waals surface area contributed by atoms with E-state index in [1.54, 1.807) is 0 Å². The minimum atomic E-state index is 0.860. The van der Waals surface area contributed by atoms with Crippen LogP contribution < -0.4 is 5.32 Å². The first-order valence-electron chi connectivity index (χ1n) is 5.60. The van der Waals surface area contributed by atoms with Crippen LogP contribution in [-0.4, -0.2) is 9.55 Å². The highest BCUT2D eigenvalue weighted by atomic mass is 32.1. The summed E-state index contributed by atoms with van der Waals surface area (Å²) in [7, 11) is 0. The van der Waals surface area contributed by atoms with Gasteiger partial charge < -0.3 is 9.88 Å². The molecule has 2 heterocycles. The maximum Gasteiger partial charge on any atom is 0.203 e. The second kappa shape index (κ2) is 5.16. The van der Waals surface area contributed by atoms with E-state index < -0.39 is 0 Å². The van der Waals surface area contributed by atoms with Crippen LogP contribution in [0.1, 0.15) is 23.1 Å². The summed E-state index contributed by atoms with van der Waals surface area (Å²) in [6, 6.07) is 4.32. The fraction of sp³-hybridized carbons (Fsp3) is 0.417. The monoisotopic (exact) mass is 235 g/mol. The number of nitrogens with zero attached hydrogens (tertiary/aromatic N) is 2. The summed E-state index contributed by atoms with van der Waals surface area (Å²) in [6.07, 6.45) is 4.99. The van der Waals surface area contributed by atoms with Gasteiger partial charge >= 0.3 is 0 Å². The van der Waals surface area contributed by atoms with Gasteiger partial charge in [0.1, 0.15) is 0 Å². The average molecular weight is 235 g/mol. The second-order valence-corrected chi connectivity index (χ2v) is 5.18. The molecule has 86 valence electrons. The van der Waals surface area contributed by atoms with Crippen molar-refractivity contribution in [3.05, 3.63) is 34.3 Å². The van der Waals surface area contributed by atoms with Crippen LogP contribution in [0.5, 0.6) is 0 Å². The number of hydrogen-bond donors (Lipinski definition) is 1. The Morgan fingerprint density at radius 2 is 2.31 bits per heavy atom. The summed E-state index contributed by atoms with van der Waals surface area (Å²) < 4.78 is 2.15. The Balaban J connectivity index is 1.96. The lowest BCUT2D eigenvalue weighted by Gasteiger charge is -2.07. The largest absolute Gasteiger partial charge is 0.351 e. The molecule has 0 unspecified atom stereocenters. The number of rotatable bonds is 5. The Morgan fingerprint density at radius 1 is 1.44 bits per heavy atom. The Kier molecular flexibility index (Phi) is 3.62. The zero-order chi connectivity index (χ0) is 11.4. The number of imidazole rings is 1. The van der Waals surface area contributed by atoms with E-state index in [1.165, 1.54) is 9.75 Å². The fourth-order valence-corrected chi connectivity index (χ4v) is 2.47. The Morgan fingerprint density at radius 3 is 3.00 bits per heavy atom. The lowest BCUT2D eigenvalue weighted by Crippen LogP contribution is -2.06.